The van der Waals surface area contributed by atoms with E-state index < -0.39 is 11.9 Å². The summed E-state index contributed by atoms with van der Waals surface area (Å²) in [6, 6.07) is 5.81. The number of carboxylic acids is 1. The first kappa shape index (κ1) is 15.9. The van der Waals surface area contributed by atoms with E-state index in [0.717, 1.165) is 5.56 Å². The second-order valence-electron chi connectivity index (χ2n) is 6.33. The summed E-state index contributed by atoms with van der Waals surface area (Å²) in [5, 5.41) is 9.21. The quantitative estimate of drug-likeness (QED) is 0.766. The zero-order valence-electron chi connectivity index (χ0n) is 12.8. The van der Waals surface area contributed by atoms with Gasteiger partial charge in [0, 0.05) is 19.6 Å². The molecule has 6 nitrogen and oxygen atoms in total. The molecule has 1 aromatic carbocycles. The van der Waals surface area contributed by atoms with Gasteiger partial charge in [-0.05, 0) is 23.6 Å². The highest BCUT2D eigenvalue weighted by atomic mass is 19.1. The summed E-state index contributed by atoms with van der Waals surface area (Å²) >= 11 is 0. The zero-order chi connectivity index (χ0) is 16.6. The second kappa shape index (κ2) is 6.25. The molecular formula is C16H20FN3O3. The minimum absolute atomic E-state index is 0.0527. The number of carbonyl (C=O) groups is 2. The van der Waals surface area contributed by atoms with Crippen molar-refractivity contribution in [3.63, 3.8) is 0 Å². The molecule has 2 aliphatic heterocycles. The van der Waals surface area contributed by atoms with Crippen molar-refractivity contribution in [1.82, 2.24) is 15.8 Å². The molecule has 7 heteroatoms. The van der Waals surface area contributed by atoms with E-state index in [-0.39, 0.29) is 36.1 Å². The Morgan fingerprint density at radius 3 is 2.52 bits per heavy atom. The van der Waals surface area contributed by atoms with Crippen molar-refractivity contribution in [2.24, 2.45) is 17.8 Å². The van der Waals surface area contributed by atoms with E-state index in [1.54, 1.807) is 17.0 Å². The van der Waals surface area contributed by atoms with Gasteiger partial charge in [-0.25, -0.2) is 9.82 Å². The highest BCUT2D eigenvalue weighted by Gasteiger charge is 2.42. The number of hydrogen-bond donors (Lipinski definition) is 3. The van der Waals surface area contributed by atoms with E-state index in [0.29, 0.717) is 13.1 Å². The molecule has 1 amide bonds. The topological polar surface area (TPSA) is 81.7 Å². The molecule has 23 heavy (non-hydrogen) atoms. The van der Waals surface area contributed by atoms with Crippen LogP contribution in [0.3, 0.4) is 0 Å². The Morgan fingerprint density at radius 2 is 1.91 bits per heavy atom. The fraction of sp³-hybridized carbons (Fsp3) is 0.500. The van der Waals surface area contributed by atoms with Crippen LogP contribution in [0.25, 0.3) is 0 Å². The summed E-state index contributed by atoms with van der Waals surface area (Å²) in [4.78, 5) is 25.7. The van der Waals surface area contributed by atoms with Crippen molar-refractivity contribution in [2.75, 3.05) is 19.6 Å². The Hall–Kier alpha value is -1.99. The summed E-state index contributed by atoms with van der Waals surface area (Å²) in [5.41, 5.74) is 6.86. The van der Waals surface area contributed by atoms with Gasteiger partial charge in [-0.1, -0.05) is 19.1 Å². The summed E-state index contributed by atoms with van der Waals surface area (Å²) in [5.74, 6) is -2.13. The summed E-state index contributed by atoms with van der Waals surface area (Å²) in [6.45, 7) is 3.03. The van der Waals surface area contributed by atoms with E-state index in [1.807, 2.05) is 6.92 Å². The predicted molar refractivity (Wildman–Crippen MR) is 80.6 cm³/mol. The molecule has 2 unspecified atom stereocenters. The monoisotopic (exact) mass is 321 g/mol. The Balaban J connectivity index is 1.74. The van der Waals surface area contributed by atoms with Crippen LogP contribution in [0.1, 0.15) is 18.5 Å². The molecule has 4 atom stereocenters. The number of aliphatic carboxylic acids is 1. The number of hydrogen-bond acceptors (Lipinski definition) is 4. The standard InChI is InChI=1S/C16H20FN3O3/c1-9-7-20(8-13(9)16(22)23)15(21)12-6-18-19-14(12)10-2-4-11(17)5-3-10/h2-5,9,12-14,18-19H,6-8H2,1H3,(H,22,23)/t9-,12?,13-,14?/m1/s1. The van der Waals surface area contributed by atoms with Crippen molar-refractivity contribution in [3.8, 4) is 0 Å². The molecule has 0 spiro atoms. The van der Waals surface area contributed by atoms with Gasteiger partial charge in [0.15, 0.2) is 0 Å². The maximum absolute atomic E-state index is 13.1. The van der Waals surface area contributed by atoms with E-state index in [9.17, 15) is 19.1 Å². The van der Waals surface area contributed by atoms with Crippen LogP contribution in [0.5, 0.6) is 0 Å². The van der Waals surface area contributed by atoms with Gasteiger partial charge in [0.25, 0.3) is 0 Å². The Kier molecular flexibility index (Phi) is 4.32. The minimum Gasteiger partial charge on any atom is -0.481 e. The molecule has 2 saturated heterocycles. The van der Waals surface area contributed by atoms with Crippen molar-refractivity contribution in [2.45, 2.75) is 13.0 Å². The number of nitrogens with zero attached hydrogens (tertiary/aromatic N) is 1. The first-order valence-corrected chi connectivity index (χ1v) is 7.73. The number of amides is 1. The van der Waals surface area contributed by atoms with Crippen molar-refractivity contribution in [1.29, 1.82) is 0 Å². The predicted octanol–water partition coefficient (Wildman–Crippen LogP) is 0.770. The lowest BCUT2D eigenvalue weighted by Gasteiger charge is -2.24. The van der Waals surface area contributed by atoms with Gasteiger partial charge in [0.05, 0.1) is 17.9 Å². The molecule has 3 rings (SSSR count). The molecule has 0 aromatic heterocycles. The molecule has 0 radical (unpaired) electrons. The molecule has 0 aliphatic carbocycles. The van der Waals surface area contributed by atoms with E-state index in [1.165, 1.54) is 12.1 Å². The Morgan fingerprint density at radius 1 is 1.22 bits per heavy atom. The van der Waals surface area contributed by atoms with Crippen LogP contribution in [0.4, 0.5) is 4.39 Å². The van der Waals surface area contributed by atoms with Gasteiger partial charge < -0.3 is 10.0 Å². The lowest BCUT2D eigenvalue weighted by Crippen LogP contribution is -2.38. The smallest absolute Gasteiger partial charge is 0.308 e. The third-order valence-corrected chi connectivity index (χ3v) is 4.77. The van der Waals surface area contributed by atoms with Crippen LogP contribution in [-0.2, 0) is 9.59 Å². The number of rotatable bonds is 3. The van der Waals surface area contributed by atoms with Crippen LogP contribution in [0.2, 0.25) is 0 Å². The molecule has 124 valence electrons. The number of nitrogens with one attached hydrogen (secondary N) is 2. The number of carboxylic acid groups (broad SMARTS) is 1. The molecule has 2 aliphatic rings. The van der Waals surface area contributed by atoms with Crippen LogP contribution in [0, 0.1) is 23.6 Å². The summed E-state index contributed by atoms with van der Waals surface area (Å²) < 4.78 is 13.1. The fourth-order valence-electron chi connectivity index (χ4n) is 3.42. The number of likely N-dealkylation sites (tertiary alicyclic amines) is 1. The molecule has 2 fully saturated rings. The molecule has 0 saturated carbocycles. The van der Waals surface area contributed by atoms with Gasteiger partial charge in [0.1, 0.15) is 5.82 Å². The zero-order valence-corrected chi connectivity index (χ0v) is 12.8. The molecule has 3 N–H and O–H groups in total. The van der Waals surface area contributed by atoms with E-state index in [2.05, 4.69) is 10.9 Å². The number of benzene rings is 1. The second-order valence-corrected chi connectivity index (χ2v) is 6.33. The normalized spacial score (nSPS) is 30.6. The first-order valence-electron chi connectivity index (χ1n) is 7.73. The Labute approximate surface area is 133 Å². The maximum Gasteiger partial charge on any atom is 0.308 e. The summed E-state index contributed by atoms with van der Waals surface area (Å²) in [7, 11) is 0. The van der Waals surface area contributed by atoms with Crippen LogP contribution >= 0.6 is 0 Å². The third kappa shape index (κ3) is 3.07. The third-order valence-electron chi connectivity index (χ3n) is 4.77. The SMILES string of the molecule is C[C@@H]1CN(C(=O)C2CNNC2c2ccc(F)cc2)C[C@H]1C(=O)O. The highest BCUT2D eigenvalue weighted by molar-refractivity contribution is 5.82. The van der Waals surface area contributed by atoms with Crippen molar-refractivity contribution in [3.05, 3.63) is 35.6 Å². The average Bonchev–Trinajstić information content (AvgIpc) is 3.14. The van der Waals surface area contributed by atoms with Crippen molar-refractivity contribution < 1.29 is 19.1 Å². The highest BCUT2D eigenvalue weighted by Crippen LogP contribution is 2.30. The molecule has 0 bridgehead atoms. The summed E-state index contributed by atoms with van der Waals surface area (Å²) in [6.07, 6.45) is 0. The van der Waals surface area contributed by atoms with E-state index >= 15 is 0 Å². The lowest BCUT2D eigenvalue weighted by molar-refractivity contribution is -0.142. The molecule has 2 heterocycles. The number of halogens is 1. The fourth-order valence-corrected chi connectivity index (χ4v) is 3.42. The lowest BCUT2D eigenvalue weighted by atomic mass is 9.93. The number of carbonyl (C=O) groups excluding carboxylic acids is 1. The minimum atomic E-state index is -0.856. The van der Waals surface area contributed by atoms with Gasteiger partial charge in [-0.2, -0.15) is 0 Å². The van der Waals surface area contributed by atoms with Gasteiger partial charge in [-0.15, -0.1) is 0 Å². The maximum atomic E-state index is 13.1. The molecule has 1 aromatic rings. The van der Waals surface area contributed by atoms with Crippen LogP contribution in [-0.4, -0.2) is 41.5 Å². The first-order chi connectivity index (χ1) is 11.0. The number of hydrazine groups is 1. The van der Waals surface area contributed by atoms with E-state index in [4.69, 9.17) is 0 Å². The van der Waals surface area contributed by atoms with Crippen LogP contribution < -0.4 is 10.9 Å². The average molecular weight is 321 g/mol. The largest absolute Gasteiger partial charge is 0.481 e. The van der Waals surface area contributed by atoms with Gasteiger partial charge in [-0.3, -0.25) is 15.0 Å². The molecular weight excluding hydrogens is 301 g/mol. The van der Waals surface area contributed by atoms with Gasteiger partial charge >= 0.3 is 5.97 Å². The Bertz CT molecular complexity index is 607. The van der Waals surface area contributed by atoms with Crippen molar-refractivity contribution >= 4 is 11.9 Å². The van der Waals surface area contributed by atoms with Gasteiger partial charge in [0.2, 0.25) is 5.91 Å². The van der Waals surface area contributed by atoms with Crippen LogP contribution in [0.15, 0.2) is 24.3 Å².